The van der Waals surface area contributed by atoms with Crippen LogP contribution < -0.4 is 10.2 Å². The SMILES string of the molecule is COc1ccccc1C(=O)N/N=C(\C)c1cccc(-n2cnnn2)c1. The smallest absolute Gasteiger partial charge is 0.275 e. The molecule has 1 amide bonds. The number of rotatable bonds is 5. The lowest BCUT2D eigenvalue weighted by Crippen LogP contribution is -2.20. The van der Waals surface area contributed by atoms with Gasteiger partial charge in [0.15, 0.2) is 0 Å². The molecule has 1 heterocycles. The molecule has 0 saturated carbocycles. The Hall–Kier alpha value is -3.55. The van der Waals surface area contributed by atoms with Crippen molar-refractivity contribution in [2.75, 3.05) is 7.11 Å². The van der Waals surface area contributed by atoms with Crippen LogP contribution in [0.4, 0.5) is 0 Å². The largest absolute Gasteiger partial charge is 0.496 e. The zero-order chi connectivity index (χ0) is 17.6. The minimum absolute atomic E-state index is 0.339. The van der Waals surface area contributed by atoms with Crippen LogP contribution in [0.5, 0.6) is 5.75 Å². The number of tetrazole rings is 1. The quantitative estimate of drug-likeness (QED) is 0.566. The first-order valence-corrected chi connectivity index (χ1v) is 7.50. The van der Waals surface area contributed by atoms with Crippen molar-refractivity contribution in [3.63, 3.8) is 0 Å². The number of hydrogen-bond donors (Lipinski definition) is 1. The summed E-state index contributed by atoms with van der Waals surface area (Å²) in [5.74, 6) is 0.155. The van der Waals surface area contributed by atoms with Crippen LogP contribution in [-0.4, -0.2) is 38.9 Å². The number of carbonyl (C=O) groups excluding carboxylic acids is 1. The first-order valence-electron chi connectivity index (χ1n) is 7.50. The zero-order valence-corrected chi connectivity index (χ0v) is 13.7. The second kappa shape index (κ2) is 7.35. The van der Waals surface area contributed by atoms with E-state index >= 15 is 0 Å². The average Bonchev–Trinajstić information content (AvgIpc) is 3.20. The minimum atomic E-state index is -0.339. The van der Waals surface area contributed by atoms with E-state index < -0.39 is 0 Å². The van der Waals surface area contributed by atoms with Gasteiger partial charge in [0.25, 0.3) is 5.91 Å². The Labute approximate surface area is 144 Å². The normalized spacial score (nSPS) is 11.2. The fraction of sp³-hybridized carbons (Fsp3) is 0.118. The van der Waals surface area contributed by atoms with Crippen molar-refractivity contribution >= 4 is 11.6 Å². The highest BCUT2D eigenvalue weighted by atomic mass is 16.5. The monoisotopic (exact) mass is 336 g/mol. The Bertz CT molecular complexity index is 905. The van der Waals surface area contributed by atoms with E-state index in [4.69, 9.17) is 4.74 Å². The predicted octanol–water partition coefficient (Wildman–Crippen LogP) is 1.82. The molecule has 8 heteroatoms. The molecule has 2 aromatic carbocycles. The molecule has 0 saturated heterocycles. The van der Waals surface area contributed by atoms with E-state index in [1.807, 2.05) is 24.3 Å². The molecule has 0 atom stereocenters. The van der Waals surface area contributed by atoms with Crippen molar-refractivity contribution in [3.05, 3.63) is 66.0 Å². The average molecular weight is 336 g/mol. The van der Waals surface area contributed by atoms with Crippen molar-refractivity contribution in [2.45, 2.75) is 6.92 Å². The first-order chi connectivity index (χ1) is 12.2. The van der Waals surface area contributed by atoms with Gasteiger partial charge in [0.1, 0.15) is 12.1 Å². The van der Waals surface area contributed by atoms with Crippen LogP contribution >= 0.6 is 0 Å². The summed E-state index contributed by atoms with van der Waals surface area (Å²) in [6, 6.07) is 14.5. The molecule has 0 radical (unpaired) electrons. The maximum Gasteiger partial charge on any atom is 0.275 e. The Morgan fingerprint density at radius 3 is 2.80 bits per heavy atom. The lowest BCUT2D eigenvalue weighted by molar-refractivity contribution is 0.0952. The summed E-state index contributed by atoms with van der Waals surface area (Å²) in [6.45, 7) is 1.81. The molecular formula is C17H16N6O2. The molecule has 1 N–H and O–H groups in total. The van der Waals surface area contributed by atoms with Crippen molar-refractivity contribution in [1.82, 2.24) is 25.6 Å². The van der Waals surface area contributed by atoms with Crippen LogP contribution in [0.2, 0.25) is 0 Å². The second-order valence-electron chi connectivity index (χ2n) is 5.14. The summed E-state index contributed by atoms with van der Waals surface area (Å²) in [4.78, 5) is 12.3. The molecule has 3 aromatic rings. The molecule has 0 fully saturated rings. The van der Waals surface area contributed by atoms with Crippen LogP contribution in [0.3, 0.4) is 0 Å². The highest BCUT2D eigenvalue weighted by Crippen LogP contribution is 2.17. The third-order valence-electron chi connectivity index (χ3n) is 3.55. The van der Waals surface area contributed by atoms with Crippen LogP contribution in [0.15, 0.2) is 60.0 Å². The first kappa shape index (κ1) is 16.3. The second-order valence-corrected chi connectivity index (χ2v) is 5.14. The standard InChI is InChI=1S/C17H16N6O2/c1-12(13-6-5-7-14(10-13)23-11-18-21-22-23)19-20-17(24)15-8-3-4-9-16(15)25-2/h3-11H,1-2H3,(H,20,24)/b19-12+. The number of benzene rings is 2. The van der Waals surface area contributed by atoms with Crippen molar-refractivity contribution in [3.8, 4) is 11.4 Å². The molecule has 0 aliphatic rings. The fourth-order valence-electron chi connectivity index (χ4n) is 2.24. The summed E-state index contributed by atoms with van der Waals surface area (Å²) in [6.07, 6.45) is 1.51. The number of hydrazone groups is 1. The van der Waals surface area contributed by atoms with Gasteiger partial charge in [0.2, 0.25) is 0 Å². The number of para-hydroxylation sites is 1. The van der Waals surface area contributed by atoms with E-state index in [1.54, 1.807) is 35.9 Å². The number of aromatic nitrogens is 4. The van der Waals surface area contributed by atoms with Gasteiger partial charge in [-0.05, 0) is 47.2 Å². The number of carbonyl (C=O) groups is 1. The molecule has 0 spiro atoms. The van der Waals surface area contributed by atoms with E-state index in [1.165, 1.54) is 13.4 Å². The molecule has 0 bridgehead atoms. The van der Waals surface area contributed by atoms with Crippen molar-refractivity contribution in [2.24, 2.45) is 5.10 Å². The van der Waals surface area contributed by atoms with Gasteiger partial charge < -0.3 is 4.74 Å². The third kappa shape index (κ3) is 3.69. The summed E-state index contributed by atoms with van der Waals surface area (Å²) in [7, 11) is 1.52. The van der Waals surface area contributed by atoms with Gasteiger partial charge in [-0.2, -0.15) is 5.10 Å². The van der Waals surface area contributed by atoms with Crippen LogP contribution in [0.1, 0.15) is 22.8 Å². The molecule has 8 nitrogen and oxygen atoms in total. The van der Waals surface area contributed by atoms with Gasteiger partial charge in [0.05, 0.1) is 24.1 Å². The van der Waals surface area contributed by atoms with Gasteiger partial charge in [-0.3, -0.25) is 4.79 Å². The van der Waals surface area contributed by atoms with Gasteiger partial charge in [-0.15, -0.1) is 5.10 Å². The van der Waals surface area contributed by atoms with Crippen molar-refractivity contribution < 1.29 is 9.53 Å². The fourth-order valence-corrected chi connectivity index (χ4v) is 2.24. The summed E-state index contributed by atoms with van der Waals surface area (Å²) in [5.41, 5.74) is 5.26. The van der Waals surface area contributed by atoms with E-state index in [0.29, 0.717) is 17.0 Å². The summed E-state index contributed by atoms with van der Waals surface area (Å²) < 4.78 is 6.73. The Kier molecular flexibility index (Phi) is 4.79. The number of amides is 1. The molecule has 3 rings (SSSR count). The molecule has 0 aliphatic heterocycles. The lowest BCUT2D eigenvalue weighted by Gasteiger charge is -2.07. The van der Waals surface area contributed by atoms with Crippen LogP contribution in [0.25, 0.3) is 5.69 Å². The van der Waals surface area contributed by atoms with Gasteiger partial charge in [-0.1, -0.05) is 24.3 Å². The molecule has 0 aliphatic carbocycles. The Morgan fingerprint density at radius 2 is 2.04 bits per heavy atom. The number of nitrogens with one attached hydrogen (secondary N) is 1. The van der Waals surface area contributed by atoms with Crippen LogP contribution in [0, 0.1) is 0 Å². The summed E-state index contributed by atoms with van der Waals surface area (Å²) in [5, 5.41) is 15.3. The molecule has 126 valence electrons. The van der Waals surface area contributed by atoms with E-state index in [2.05, 4.69) is 26.1 Å². The molecule has 25 heavy (non-hydrogen) atoms. The number of ether oxygens (including phenoxy) is 1. The highest BCUT2D eigenvalue weighted by molar-refractivity contribution is 6.01. The van der Waals surface area contributed by atoms with Gasteiger partial charge in [0, 0.05) is 0 Å². The molecular weight excluding hydrogens is 320 g/mol. The predicted molar refractivity (Wildman–Crippen MR) is 91.8 cm³/mol. The van der Waals surface area contributed by atoms with E-state index in [-0.39, 0.29) is 5.91 Å². The number of methoxy groups -OCH3 is 1. The Balaban J connectivity index is 1.78. The van der Waals surface area contributed by atoms with E-state index in [9.17, 15) is 4.79 Å². The maximum absolute atomic E-state index is 12.3. The topological polar surface area (TPSA) is 94.3 Å². The molecule has 1 aromatic heterocycles. The summed E-state index contributed by atoms with van der Waals surface area (Å²) >= 11 is 0. The lowest BCUT2D eigenvalue weighted by atomic mass is 10.1. The Morgan fingerprint density at radius 1 is 1.20 bits per heavy atom. The van der Waals surface area contributed by atoms with Crippen molar-refractivity contribution in [1.29, 1.82) is 0 Å². The van der Waals surface area contributed by atoms with Gasteiger partial charge in [-0.25, -0.2) is 10.1 Å². The third-order valence-corrected chi connectivity index (χ3v) is 3.55. The zero-order valence-electron chi connectivity index (χ0n) is 13.7. The van der Waals surface area contributed by atoms with Gasteiger partial charge >= 0.3 is 0 Å². The maximum atomic E-state index is 12.3. The van der Waals surface area contributed by atoms with Crippen LogP contribution in [-0.2, 0) is 0 Å². The number of nitrogens with zero attached hydrogens (tertiary/aromatic N) is 5. The van der Waals surface area contributed by atoms with E-state index in [0.717, 1.165) is 11.3 Å². The number of hydrogen-bond acceptors (Lipinski definition) is 6. The highest BCUT2D eigenvalue weighted by Gasteiger charge is 2.11. The molecule has 0 unspecified atom stereocenters. The minimum Gasteiger partial charge on any atom is -0.496 e.